The topological polar surface area (TPSA) is 81.4 Å². The van der Waals surface area contributed by atoms with Gasteiger partial charge >= 0.3 is 0 Å². The van der Waals surface area contributed by atoms with E-state index < -0.39 is 10.0 Å². The Hall–Kier alpha value is -1.76. The quantitative estimate of drug-likeness (QED) is 0.838. The highest BCUT2D eigenvalue weighted by atomic mass is 35.5. The maximum atomic E-state index is 12.5. The highest BCUT2D eigenvalue weighted by Crippen LogP contribution is 2.35. The molecule has 3 N–H and O–H groups in total. The molecular formula is C15H15ClN2O3S. The van der Waals surface area contributed by atoms with Gasteiger partial charge in [0.1, 0.15) is 10.6 Å². The number of anilines is 1. The van der Waals surface area contributed by atoms with Crippen LogP contribution in [0.25, 0.3) is 0 Å². The van der Waals surface area contributed by atoms with E-state index in [1.54, 1.807) is 30.3 Å². The standard InChI is InChI=1S/C15H15ClN2O3S/c16-12-7-11-4-5-21-15(11)14(8-12)22(19,20)18-9-10-2-1-3-13(17)6-10/h1-3,6-8,18H,4-5,9,17H2. The second-order valence-corrected chi connectivity index (χ2v) is 7.23. The molecule has 0 atom stereocenters. The summed E-state index contributed by atoms with van der Waals surface area (Å²) in [5.74, 6) is 0.393. The highest BCUT2D eigenvalue weighted by molar-refractivity contribution is 7.89. The van der Waals surface area contributed by atoms with Crippen molar-refractivity contribution in [3.63, 3.8) is 0 Å². The Kier molecular flexibility index (Phi) is 3.99. The van der Waals surface area contributed by atoms with E-state index in [0.717, 1.165) is 11.1 Å². The number of rotatable bonds is 4. The summed E-state index contributed by atoms with van der Waals surface area (Å²) in [5, 5.41) is 0.383. The molecule has 116 valence electrons. The number of halogens is 1. The second-order valence-electron chi connectivity index (χ2n) is 5.06. The van der Waals surface area contributed by atoms with E-state index in [1.807, 2.05) is 0 Å². The van der Waals surface area contributed by atoms with Crippen LogP contribution in [0, 0.1) is 0 Å². The van der Waals surface area contributed by atoms with Crippen LogP contribution in [0.15, 0.2) is 41.3 Å². The molecule has 0 unspecified atom stereocenters. The van der Waals surface area contributed by atoms with Gasteiger partial charge in [0.2, 0.25) is 10.0 Å². The number of hydrogen-bond donors (Lipinski definition) is 2. The number of nitrogen functional groups attached to an aromatic ring is 1. The molecule has 0 spiro atoms. The lowest BCUT2D eigenvalue weighted by molar-refractivity contribution is 0.348. The molecule has 0 amide bonds. The van der Waals surface area contributed by atoms with E-state index in [9.17, 15) is 8.42 Å². The smallest absolute Gasteiger partial charge is 0.244 e. The maximum absolute atomic E-state index is 12.5. The van der Waals surface area contributed by atoms with Crippen molar-refractivity contribution in [3.8, 4) is 5.75 Å². The molecule has 0 bridgehead atoms. The van der Waals surface area contributed by atoms with Crippen LogP contribution in [0.5, 0.6) is 5.75 Å². The molecule has 0 radical (unpaired) electrons. The molecule has 1 heterocycles. The van der Waals surface area contributed by atoms with E-state index in [1.165, 1.54) is 6.07 Å². The molecule has 0 fully saturated rings. The number of sulfonamides is 1. The molecule has 5 nitrogen and oxygen atoms in total. The molecule has 2 aromatic carbocycles. The predicted molar refractivity (Wildman–Crippen MR) is 85.5 cm³/mol. The largest absolute Gasteiger partial charge is 0.492 e. The van der Waals surface area contributed by atoms with Crippen molar-refractivity contribution in [3.05, 3.63) is 52.5 Å². The van der Waals surface area contributed by atoms with Crippen molar-refractivity contribution in [1.82, 2.24) is 4.72 Å². The van der Waals surface area contributed by atoms with Gasteiger partial charge in [-0.05, 0) is 29.8 Å². The van der Waals surface area contributed by atoms with Crippen LogP contribution in [0.2, 0.25) is 5.02 Å². The van der Waals surface area contributed by atoms with Crippen LogP contribution in [0.1, 0.15) is 11.1 Å². The zero-order chi connectivity index (χ0) is 15.7. The van der Waals surface area contributed by atoms with Crippen LogP contribution >= 0.6 is 11.6 Å². The Morgan fingerprint density at radius 2 is 2.09 bits per heavy atom. The van der Waals surface area contributed by atoms with Crippen LogP contribution in [0.3, 0.4) is 0 Å². The molecule has 1 aliphatic heterocycles. The van der Waals surface area contributed by atoms with E-state index in [0.29, 0.717) is 29.5 Å². The lowest BCUT2D eigenvalue weighted by Gasteiger charge is -2.11. The van der Waals surface area contributed by atoms with E-state index in [-0.39, 0.29) is 11.4 Å². The first-order valence-electron chi connectivity index (χ1n) is 6.75. The van der Waals surface area contributed by atoms with Gasteiger partial charge in [0, 0.05) is 29.2 Å². The first-order chi connectivity index (χ1) is 10.5. The molecule has 22 heavy (non-hydrogen) atoms. The van der Waals surface area contributed by atoms with Crippen molar-refractivity contribution < 1.29 is 13.2 Å². The molecule has 0 saturated heterocycles. The van der Waals surface area contributed by atoms with Gasteiger partial charge < -0.3 is 10.5 Å². The first-order valence-corrected chi connectivity index (χ1v) is 8.61. The summed E-state index contributed by atoms with van der Waals surface area (Å²) in [6.07, 6.45) is 0.660. The fraction of sp³-hybridized carbons (Fsp3) is 0.200. The summed E-state index contributed by atoms with van der Waals surface area (Å²) in [4.78, 5) is 0.0800. The molecule has 7 heteroatoms. The van der Waals surface area contributed by atoms with Crippen LogP contribution in [0.4, 0.5) is 5.69 Å². The molecule has 2 aromatic rings. The minimum absolute atomic E-state index is 0.0800. The third-order valence-electron chi connectivity index (χ3n) is 3.42. The third kappa shape index (κ3) is 3.04. The summed E-state index contributed by atoms with van der Waals surface area (Å²) in [5.41, 5.74) is 7.87. The number of benzene rings is 2. The second kappa shape index (κ2) is 5.79. The Morgan fingerprint density at radius 3 is 2.86 bits per heavy atom. The number of ether oxygens (including phenoxy) is 1. The van der Waals surface area contributed by atoms with Gasteiger partial charge in [-0.3, -0.25) is 0 Å². The minimum atomic E-state index is -3.72. The number of nitrogens with two attached hydrogens (primary N) is 1. The Balaban J connectivity index is 1.88. The van der Waals surface area contributed by atoms with E-state index >= 15 is 0 Å². The highest BCUT2D eigenvalue weighted by Gasteiger charge is 2.26. The third-order valence-corrected chi connectivity index (χ3v) is 5.05. The van der Waals surface area contributed by atoms with Crippen LogP contribution < -0.4 is 15.2 Å². The lowest BCUT2D eigenvalue weighted by atomic mass is 10.2. The fourth-order valence-corrected chi connectivity index (χ4v) is 3.93. The van der Waals surface area contributed by atoms with E-state index in [4.69, 9.17) is 22.1 Å². The Bertz CT molecular complexity index is 822. The molecule has 0 saturated carbocycles. The summed E-state index contributed by atoms with van der Waals surface area (Å²) in [6.45, 7) is 0.613. The number of fused-ring (bicyclic) bond motifs is 1. The van der Waals surface area contributed by atoms with Crippen molar-refractivity contribution in [2.45, 2.75) is 17.9 Å². The van der Waals surface area contributed by atoms with Gasteiger partial charge in [-0.2, -0.15) is 0 Å². The van der Waals surface area contributed by atoms with Crippen LogP contribution in [-0.2, 0) is 23.0 Å². The summed E-state index contributed by atoms with van der Waals surface area (Å²) in [7, 11) is -3.72. The normalized spacial score (nSPS) is 13.7. The molecule has 0 aromatic heterocycles. The van der Waals surface area contributed by atoms with Crippen LogP contribution in [-0.4, -0.2) is 15.0 Å². The summed E-state index contributed by atoms with van der Waals surface area (Å²) in [6, 6.07) is 10.2. The van der Waals surface area contributed by atoms with Crippen molar-refractivity contribution >= 4 is 27.3 Å². The van der Waals surface area contributed by atoms with Gasteiger partial charge in [-0.15, -0.1) is 0 Å². The maximum Gasteiger partial charge on any atom is 0.244 e. The van der Waals surface area contributed by atoms with Crippen molar-refractivity contribution in [2.24, 2.45) is 0 Å². The zero-order valence-corrected chi connectivity index (χ0v) is 13.2. The zero-order valence-electron chi connectivity index (χ0n) is 11.7. The summed E-state index contributed by atoms with van der Waals surface area (Å²) < 4.78 is 33.0. The SMILES string of the molecule is Nc1cccc(CNS(=O)(=O)c2cc(Cl)cc3c2OCC3)c1. The number of nitrogens with one attached hydrogen (secondary N) is 1. The monoisotopic (exact) mass is 338 g/mol. The van der Waals surface area contributed by atoms with Gasteiger partial charge in [0.15, 0.2) is 0 Å². The molecule has 0 aliphatic carbocycles. The molecular weight excluding hydrogens is 324 g/mol. The first kappa shape index (κ1) is 15.1. The fourth-order valence-electron chi connectivity index (χ4n) is 2.39. The lowest BCUT2D eigenvalue weighted by Crippen LogP contribution is -2.23. The Labute approximate surface area is 134 Å². The van der Waals surface area contributed by atoms with Crippen molar-refractivity contribution in [2.75, 3.05) is 12.3 Å². The van der Waals surface area contributed by atoms with E-state index in [2.05, 4.69) is 4.72 Å². The average Bonchev–Trinajstić information content (AvgIpc) is 2.92. The number of hydrogen-bond acceptors (Lipinski definition) is 4. The molecule has 1 aliphatic rings. The Morgan fingerprint density at radius 1 is 1.27 bits per heavy atom. The van der Waals surface area contributed by atoms with Gasteiger partial charge in [-0.25, -0.2) is 13.1 Å². The average molecular weight is 339 g/mol. The van der Waals surface area contributed by atoms with Gasteiger partial charge in [0.05, 0.1) is 6.61 Å². The minimum Gasteiger partial charge on any atom is -0.492 e. The predicted octanol–water partition coefficient (Wildman–Crippen LogP) is 2.34. The van der Waals surface area contributed by atoms with Gasteiger partial charge in [-0.1, -0.05) is 23.7 Å². The summed E-state index contributed by atoms with van der Waals surface area (Å²) >= 11 is 6.01. The molecule has 3 rings (SSSR count). The van der Waals surface area contributed by atoms with Crippen molar-refractivity contribution in [1.29, 1.82) is 0 Å². The van der Waals surface area contributed by atoms with Gasteiger partial charge in [0.25, 0.3) is 0 Å².